The first-order valence-electron chi connectivity index (χ1n) is 7.23. The van der Waals surface area contributed by atoms with Gasteiger partial charge in [0.1, 0.15) is 5.82 Å². The largest absolute Gasteiger partial charge is 0.478 e. The molecule has 1 aromatic heterocycles. The summed E-state index contributed by atoms with van der Waals surface area (Å²) in [5.41, 5.74) is 2.67. The van der Waals surface area contributed by atoms with Gasteiger partial charge in [-0.3, -0.25) is 0 Å². The molecule has 0 amide bonds. The Balaban J connectivity index is 1.88. The van der Waals surface area contributed by atoms with Gasteiger partial charge in [0.25, 0.3) is 0 Å². The van der Waals surface area contributed by atoms with Gasteiger partial charge >= 0.3 is 5.97 Å². The Morgan fingerprint density at radius 2 is 1.71 bits per heavy atom. The van der Waals surface area contributed by atoms with Gasteiger partial charge in [-0.1, -0.05) is 11.6 Å². The van der Waals surface area contributed by atoms with Crippen LogP contribution in [0.1, 0.15) is 16.1 Å². The van der Waals surface area contributed by atoms with Crippen LogP contribution in [0.15, 0.2) is 54.6 Å². The van der Waals surface area contributed by atoms with Gasteiger partial charge in [0.2, 0.25) is 0 Å². The summed E-state index contributed by atoms with van der Waals surface area (Å²) in [6, 6.07) is 15.6. The monoisotopic (exact) mass is 339 g/mol. The average Bonchev–Trinajstić information content (AvgIpc) is 2.55. The summed E-state index contributed by atoms with van der Waals surface area (Å²) in [6.45, 7) is 1.89. The van der Waals surface area contributed by atoms with E-state index in [4.69, 9.17) is 16.7 Å². The minimum atomic E-state index is -0.954. The number of carboxylic acids is 1. The highest BCUT2D eigenvalue weighted by molar-refractivity contribution is 6.30. The van der Waals surface area contributed by atoms with Crippen LogP contribution in [0.2, 0.25) is 5.02 Å². The third kappa shape index (κ3) is 3.70. The summed E-state index contributed by atoms with van der Waals surface area (Å²) in [4.78, 5) is 19.8. The first kappa shape index (κ1) is 16.0. The van der Waals surface area contributed by atoms with Crippen LogP contribution in [0, 0.1) is 6.92 Å². The number of halogens is 1. The van der Waals surface area contributed by atoms with Crippen LogP contribution in [0.4, 0.5) is 11.5 Å². The molecule has 5 nitrogen and oxygen atoms in total. The van der Waals surface area contributed by atoms with Gasteiger partial charge < -0.3 is 10.4 Å². The number of nitrogens with zero attached hydrogens (tertiary/aromatic N) is 2. The molecule has 0 aliphatic carbocycles. The zero-order chi connectivity index (χ0) is 17.1. The number of nitrogens with one attached hydrogen (secondary N) is 1. The van der Waals surface area contributed by atoms with E-state index in [2.05, 4.69) is 15.3 Å². The van der Waals surface area contributed by atoms with Crippen LogP contribution in [0.3, 0.4) is 0 Å². The molecular weight excluding hydrogens is 326 g/mol. The minimum Gasteiger partial charge on any atom is -0.478 e. The molecule has 6 heteroatoms. The second-order valence-electron chi connectivity index (χ2n) is 5.23. The maximum absolute atomic E-state index is 10.9. The van der Waals surface area contributed by atoms with Crippen LogP contribution in [0.25, 0.3) is 11.4 Å². The van der Waals surface area contributed by atoms with Gasteiger partial charge in [-0.2, -0.15) is 0 Å². The molecule has 0 saturated heterocycles. The van der Waals surface area contributed by atoms with E-state index in [9.17, 15) is 4.79 Å². The van der Waals surface area contributed by atoms with Gasteiger partial charge in [0.15, 0.2) is 5.82 Å². The number of carboxylic acid groups (broad SMARTS) is 1. The summed E-state index contributed by atoms with van der Waals surface area (Å²) in [6.07, 6.45) is 0. The van der Waals surface area contributed by atoms with Gasteiger partial charge in [-0.15, -0.1) is 0 Å². The van der Waals surface area contributed by atoms with E-state index in [1.165, 1.54) is 0 Å². The standard InChI is InChI=1S/C18H14ClN3O2/c1-11-10-16(21-15-8-4-13(5-9-15)18(23)24)22-17(20-11)12-2-6-14(19)7-3-12/h2-10H,1H3,(H,23,24)(H,20,21,22). The maximum Gasteiger partial charge on any atom is 0.335 e. The van der Waals surface area contributed by atoms with Crippen molar-refractivity contribution in [1.82, 2.24) is 9.97 Å². The van der Waals surface area contributed by atoms with Crippen molar-refractivity contribution in [2.75, 3.05) is 5.32 Å². The lowest BCUT2D eigenvalue weighted by atomic mass is 10.2. The number of rotatable bonds is 4. The second-order valence-corrected chi connectivity index (χ2v) is 5.67. The summed E-state index contributed by atoms with van der Waals surface area (Å²) < 4.78 is 0. The molecule has 0 saturated carbocycles. The molecule has 0 radical (unpaired) electrons. The fourth-order valence-corrected chi connectivity index (χ4v) is 2.33. The number of aromatic carboxylic acids is 1. The van der Waals surface area contributed by atoms with Crippen molar-refractivity contribution in [2.24, 2.45) is 0 Å². The first-order valence-corrected chi connectivity index (χ1v) is 7.61. The number of hydrogen-bond donors (Lipinski definition) is 2. The Kier molecular flexibility index (Phi) is 4.44. The first-order chi connectivity index (χ1) is 11.5. The van der Waals surface area contributed by atoms with E-state index in [-0.39, 0.29) is 5.56 Å². The van der Waals surface area contributed by atoms with Crippen molar-refractivity contribution in [2.45, 2.75) is 6.92 Å². The third-order valence-corrected chi connectivity index (χ3v) is 3.61. The molecular formula is C18H14ClN3O2. The van der Waals surface area contributed by atoms with Crippen molar-refractivity contribution in [3.8, 4) is 11.4 Å². The highest BCUT2D eigenvalue weighted by Gasteiger charge is 2.07. The fourth-order valence-electron chi connectivity index (χ4n) is 2.20. The van der Waals surface area contributed by atoms with E-state index in [1.54, 1.807) is 36.4 Å². The number of benzene rings is 2. The second kappa shape index (κ2) is 6.68. The van der Waals surface area contributed by atoms with Gasteiger partial charge in [-0.05, 0) is 55.5 Å². The minimum absolute atomic E-state index is 0.237. The van der Waals surface area contributed by atoms with Gasteiger partial charge in [-0.25, -0.2) is 14.8 Å². The van der Waals surface area contributed by atoms with E-state index in [0.717, 1.165) is 16.9 Å². The highest BCUT2D eigenvalue weighted by Crippen LogP contribution is 2.22. The predicted molar refractivity (Wildman–Crippen MR) is 93.9 cm³/mol. The molecule has 2 aromatic carbocycles. The summed E-state index contributed by atoms with van der Waals surface area (Å²) in [5.74, 6) is 0.274. The molecule has 120 valence electrons. The summed E-state index contributed by atoms with van der Waals surface area (Å²) in [5, 5.41) is 12.8. The van der Waals surface area contributed by atoms with Crippen LogP contribution < -0.4 is 5.32 Å². The molecule has 2 N–H and O–H groups in total. The third-order valence-electron chi connectivity index (χ3n) is 3.36. The molecule has 3 rings (SSSR count). The smallest absolute Gasteiger partial charge is 0.335 e. The number of anilines is 2. The van der Waals surface area contributed by atoms with Crippen molar-refractivity contribution in [3.63, 3.8) is 0 Å². The van der Waals surface area contributed by atoms with E-state index < -0.39 is 5.97 Å². The van der Waals surface area contributed by atoms with Crippen molar-refractivity contribution < 1.29 is 9.90 Å². The Labute approximate surface area is 144 Å². The molecule has 0 aliphatic rings. The van der Waals surface area contributed by atoms with E-state index >= 15 is 0 Å². The van der Waals surface area contributed by atoms with Gasteiger partial charge in [0.05, 0.1) is 5.56 Å². The summed E-state index contributed by atoms with van der Waals surface area (Å²) in [7, 11) is 0. The number of carbonyl (C=O) groups is 1. The Morgan fingerprint density at radius 1 is 1.04 bits per heavy atom. The Morgan fingerprint density at radius 3 is 2.33 bits per heavy atom. The Hall–Kier alpha value is -2.92. The van der Waals surface area contributed by atoms with Gasteiger partial charge in [0, 0.05) is 28.0 Å². The van der Waals surface area contributed by atoms with Crippen LogP contribution in [-0.4, -0.2) is 21.0 Å². The molecule has 0 unspecified atom stereocenters. The van der Waals surface area contributed by atoms with E-state index in [1.807, 2.05) is 25.1 Å². The highest BCUT2D eigenvalue weighted by atomic mass is 35.5. The topological polar surface area (TPSA) is 75.1 Å². The zero-order valence-electron chi connectivity index (χ0n) is 12.8. The predicted octanol–water partition coefficient (Wildman–Crippen LogP) is 4.55. The molecule has 3 aromatic rings. The lowest BCUT2D eigenvalue weighted by Crippen LogP contribution is -2.00. The lowest BCUT2D eigenvalue weighted by Gasteiger charge is -2.09. The number of aromatic nitrogens is 2. The number of aryl methyl sites for hydroxylation is 1. The maximum atomic E-state index is 10.9. The average molecular weight is 340 g/mol. The molecule has 0 atom stereocenters. The van der Waals surface area contributed by atoms with Crippen molar-refractivity contribution in [3.05, 3.63) is 70.9 Å². The fraction of sp³-hybridized carbons (Fsp3) is 0.0556. The van der Waals surface area contributed by atoms with Crippen LogP contribution in [-0.2, 0) is 0 Å². The molecule has 0 bridgehead atoms. The quantitative estimate of drug-likeness (QED) is 0.729. The number of hydrogen-bond acceptors (Lipinski definition) is 4. The summed E-state index contributed by atoms with van der Waals surface area (Å²) >= 11 is 5.91. The molecule has 0 fully saturated rings. The van der Waals surface area contributed by atoms with E-state index in [0.29, 0.717) is 16.7 Å². The Bertz CT molecular complexity index is 878. The molecule has 0 spiro atoms. The normalized spacial score (nSPS) is 10.4. The van der Waals surface area contributed by atoms with Crippen LogP contribution in [0.5, 0.6) is 0 Å². The van der Waals surface area contributed by atoms with Crippen molar-refractivity contribution in [1.29, 1.82) is 0 Å². The van der Waals surface area contributed by atoms with Crippen LogP contribution >= 0.6 is 11.6 Å². The molecule has 0 aliphatic heterocycles. The molecule has 24 heavy (non-hydrogen) atoms. The zero-order valence-corrected chi connectivity index (χ0v) is 13.6. The lowest BCUT2D eigenvalue weighted by molar-refractivity contribution is 0.0697. The van der Waals surface area contributed by atoms with Crippen molar-refractivity contribution >= 4 is 29.1 Å². The SMILES string of the molecule is Cc1cc(Nc2ccc(C(=O)O)cc2)nc(-c2ccc(Cl)cc2)n1. The molecule has 1 heterocycles.